The topological polar surface area (TPSA) is 57.8 Å². The van der Waals surface area contributed by atoms with Crippen LogP contribution < -0.4 is 5.32 Å². The van der Waals surface area contributed by atoms with Crippen molar-refractivity contribution >= 4 is 45.8 Å². The van der Waals surface area contributed by atoms with Crippen LogP contribution in [0.2, 0.25) is 5.02 Å². The van der Waals surface area contributed by atoms with Gasteiger partial charge in [-0.15, -0.1) is 0 Å². The number of rotatable bonds is 2. The van der Waals surface area contributed by atoms with Crippen molar-refractivity contribution in [2.45, 2.75) is 0 Å². The highest BCUT2D eigenvalue weighted by atomic mass is 127. The summed E-state index contributed by atoms with van der Waals surface area (Å²) < 4.78 is 13.5. The van der Waals surface area contributed by atoms with Crippen LogP contribution in [0.15, 0.2) is 24.4 Å². The quantitative estimate of drug-likeness (QED) is 0.804. The van der Waals surface area contributed by atoms with Gasteiger partial charge in [0.15, 0.2) is 0 Å². The lowest BCUT2D eigenvalue weighted by Crippen LogP contribution is -2.14. The zero-order valence-electron chi connectivity index (χ0n) is 8.30. The van der Waals surface area contributed by atoms with E-state index in [1.54, 1.807) is 0 Å². The van der Waals surface area contributed by atoms with E-state index in [9.17, 15) is 9.18 Å². The molecular weight excluding hydrogens is 359 g/mol. The molecule has 7 heteroatoms. The Morgan fingerprint density at radius 1 is 1.53 bits per heavy atom. The maximum absolute atomic E-state index is 12.8. The maximum atomic E-state index is 12.8. The second-order valence-electron chi connectivity index (χ2n) is 3.17. The highest BCUT2D eigenvalue weighted by Crippen LogP contribution is 2.23. The molecule has 2 rings (SSSR count). The first kappa shape index (κ1) is 12.3. The Labute approximate surface area is 115 Å². The third-order valence-corrected chi connectivity index (χ3v) is 3.13. The van der Waals surface area contributed by atoms with Gasteiger partial charge in [0, 0.05) is 0 Å². The van der Waals surface area contributed by atoms with Crippen LogP contribution >= 0.6 is 34.2 Å². The first-order valence-corrected chi connectivity index (χ1v) is 5.99. The summed E-state index contributed by atoms with van der Waals surface area (Å²) in [4.78, 5) is 11.8. The Morgan fingerprint density at radius 2 is 2.29 bits per heavy atom. The summed E-state index contributed by atoms with van der Waals surface area (Å²) >= 11 is 7.77. The first-order chi connectivity index (χ1) is 8.08. The molecule has 0 radical (unpaired) electrons. The maximum Gasteiger partial charge on any atom is 0.274 e. The van der Waals surface area contributed by atoms with E-state index in [-0.39, 0.29) is 10.9 Å². The van der Waals surface area contributed by atoms with Gasteiger partial charge in [-0.05, 0) is 40.8 Å². The molecule has 0 aliphatic rings. The average molecular weight is 366 g/mol. The predicted molar refractivity (Wildman–Crippen MR) is 70.7 cm³/mol. The molecule has 1 aromatic heterocycles. The molecule has 0 aliphatic heterocycles. The highest BCUT2D eigenvalue weighted by molar-refractivity contribution is 14.1. The number of H-pyrrole nitrogens is 1. The zero-order valence-corrected chi connectivity index (χ0v) is 11.2. The highest BCUT2D eigenvalue weighted by Gasteiger charge is 2.13. The zero-order chi connectivity index (χ0) is 12.4. The Balaban J connectivity index is 2.22. The van der Waals surface area contributed by atoms with Gasteiger partial charge in [-0.3, -0.25) is 9.89 Å². The van der Waals surface area contributed by atoms with Crippen LogP contribution in [0.4, 0.5) is 10.1 Å². The van der Waals surface area contributed by atoms with E-state index in [1.165, 1.54) is 18.3 Å². The molecular formula is C10H6ClFIN3O. The Kier molecular flexibility index (Phi) is 3.63. The molecule has 1 aromatic carbocycles. The molecule has 0 bridgehead atoms. The smallest absolute Gasteiger partial charge is 0.274 e. The third kappa shape index (κ3) is 2.75. The first-order valence-electron chi connectivity index (χ1n) is 4.53. The molecule has 0 spiro atoms. The summed E-state index contributed by atoms with van der Waals surface area (Å²) in [6, 6.07) is 3.76. The van der Waals surface area contributed by atoms with Crippen molar-refractivity contribution in [3.63, 3.8) is 0 Å². The van der Waals surface area contributed by atoms with E-state index >= 15 is 0 Å². The minimum absolute atomic E-state index is 0.146. The number of carbonyl (C=O) groups is 1. The number of nitrogens with zero attached hydrogens (tertiary/aromatic N) is 1. The number of hydrogen-bond donors (Lipinski definition) is 2. The van der Waals surface area contributed by atoms with E-state index < -0.39 is 5.82 Å². The lowest BCUT2D eigenvalue weighted by atomic mass is 10.3. The number of aromatic amines is 1. The van der Waals surface area contributed by atoms with Gasteiger partial charge >= 0.3 is 0 Å². The molecule has 0 saturated heterocycles. The molecule has 0 unspecified atom stereocenters. The SMILES string of the molecule is O=C(Nc1ccc(F)cc1Cl)c1[nH]ncc1I. The Hall–Kier alpha value is -1.15. The number of nitrogens with one attached hydrogen (secondary N) is 2. The number of benzene rings is 1. The van der Waals surface area contributed by atoms with Crippen LogP contribution in [0.3, 0.4) is 0 Å². The lowest BCUT2D eigenvalue weighted by molar-refractivity contribution is 0.102. The third-order valence-electron chi connectivity index (χ3n) is 2.00. The molecule has 4 nitrogen and oxygen atoms in total. The van der Waals surface area contributed by atoms with E-state index in [0.717, 1.165) is 6.07 Å². The molecule has 0 saturated carbocycles. The van der Waals surface area contributed by atoms with Gasteiger partial charge in [-0.2, -0.15) is 5.10 Å². The number of halogens is 3. The fourth-order valence-corrected chi connectivity index (χ4v) is 1.93. The standard InChI is InChI=1S/C10H6ClFIN3O/c11-6-3-5(12)1-2-8(6)15-10(17)9-7(13)4-14-16-9/h1-4H,(H,14,16)(H,15,17). The van der Waals surface area contributed by atoms with Crippen LogP contribution in [0, 0.1) is 9.39 Å². The van der Waals surface area contributed by atoms with Gasteiger partial charge in [0.2, 0.25) is 0 Å². The summed E-state index contributed by atoms with van der Waals surface area (Å²) in [5.41, 5.74) is 0.689. The molecule has 2 N–H and O–H groups in total. The second-order valence-corrected chi connectivity index (χ2v) is 4.74. The molecule has 1 amide bonds. The van der Waals surface area contributed by atoms with Crippen molar-refractivity contribution in [2.75, 3.05) is 5.32 Å². The van der Waals surface area contributed by atoms with Crippen molar-refractivity contribution in [2.24, 2.45) is 0 Å². The monoisotopic (exact) mass is 365 g/mol. The normalized spacial score (nSPS) is 10.3. The Bertz CT molecular complexity index is 572. The number of anilines is 1. The summed E-state index contributed by atoms with van der Waals surface area (Å²) in [5.74, 6) is -0.829. The molecule has 0 atom stereocenters. The van der Waals surface area contributed by atoms with Crippen molar-refractivity contribution in [1.29, 1.82) is 0 Å². The fourth-order valence-electron chi connectivity index (χ4n) is 1.21. The van der Waals surface area contributed by atoms with E-state index in [0.29, 0.717) is 15.0 Å². The van der Waals surface area contributed by atoms with E-state index in [4.69, 9.17) is 11.6 Å². The van der Waals surface area contributed by atoms with Crippen molar-refractivity contribution < 1.29 is 9.18 Å². The van der Waals surface area contributed by atoms with E-state index in [2.05, 4.69) is 15.5 Å². The number of amides is 1. The van der Waals surface area contributed by atoms with Crippen molar-refractivity contribution in [3.8, 4) is 0 Å². The van der Waals surface area contributed by atoms with Crippen LogP contribution in [-0.4, -0.2) is 16.1 Å². The van der Waals surface area contributed by atoms with Gasteiger partial charge in [0.25, 0.3) is 5.91 Å². The summed E-state index contributed by atoms with van der Waals surface area (Å²) in [5, 5.41) is 9.02. The molecule has 0 aliphatic carbocycles. The van der Waals surface area contributed by atoms with Crippen LogP contribution in [0.1, 0.15) is 10.5 Å². The van der Waals surface area contributed by atoms with E-state index in [1.807, 2.05) is 22.6 Å². The molecule has 1 heterocycles. The summed E-state index contributed by atoms with van der Waals surface area (Å²) in [7, 11) is 0. The average Bonchev–Trinajstić information content (AvgIpc) is 2.68. The number of carbonyl (C=O) groups excluding carboxylic acids is 1. The van der Waals surface area contributed by atoms with Crippen LogP contribution in [-0.2, 0) is 0 Å². The summed E-state index contributed by atoms with van der Waals surface area (Å²) in [6.07, 6.45) is 1.53. The van der Waals surface area contributed by atoms with Gasteiger partial charge in [0.1, 0.15) is 11.5 Å². The van der Waals surface area contributed by atoms with Crippen molar-refractivity contribution in [3.05, 3.63) is 44.5 Å². The molecule has 2 aromatic rings. The minimum Gasteiger partial charge on any atom is -0.319 e. The number of hydrogen-bond acceptors (Lipinski definition) is 2. The lowest BCUT2D eigenvalue weighted by Gasteiger charge is -2.06. The molecule has 0 fully saturated rings. The summed E-state index contributed by atoms with van der Waals surface area (Å²) in [6.45, 7) is 0. The van der Waals surface area contributed by atoms with Gasteiger partial charge in [-0.25, -0.2) is 4.39 Å². The van der Waals surface area contributed by atoms with Crippen LogP contribution in [0.5, 0.6) is 0 Å². The second kappa shape index (κ2) is 5.01. The molecule has 88 valence electrons. The Morgan fingerprint density at radius 3 is 2.88 bits per heavy atom. The largest absolute Gasteiger partial charge is 0.319 e. The fraction of sp³-hybridized carbons (Fsp3) is 0. The van der Waals surface area contributed by atoms with Crippen LogP contribution in [0.25, 0.3) is 0 Å². The van der Waals surface area contributed by atoms with Crippen molar-refractivity contribution in [1.82, 2.24) is 10.2 Å². The predicted octanol–water partition coefficient (Wildman–Crippen LogP) is 3.06. The van der Waals surface area contributed by atoms with Gasteiger partial charge < -0.3 is 5.32 Å². The number of aromatic nitrogens is 2. The molecule has 17 heavy (non-hydrogen) atoms. The minimum atomic E-state index is -0.455. The van der Waals surface area contributed by atoms with Gasteiger partial charge in [-0.1, -0.05) is 11.6 Å². The van der Waals surface area contributed by atoms with Gasteiger partial charge in [0.05, 0.1) is 20.5 Å².